The van der Waals surface area contributed by atoms with Crippen molar-refractivity contribution >= 4 is 29.9 Å². The summed E-state index contributed by atoms with van der Waals surface area (Å²) in [5.41, 5.74) is 3.63. The van der Waals surface area contributed by atoms with Crippen LogP contribution in [0.3, 0.4) is 0 Å². The molecular formula is C17H34IN5O. The highest BCUT2D eigenvalue weighted by atomic mass is 127. The van der Waals surface area contributed by atoms with E-state index in [1.165, 1.54) is 11.3 Å². The zero-order valence-corrected chi connectivity index (χ0v) is 18.5. The number of rotatable bonds is 8. The van der Waals surface area contributed by atoms with Crippen LogP contribution < -0.4 is 10.6 Å². The van der Waals surface area contributed by atoms with Crippen molar-refractivity contribution in [3.8, 4) is 0 Å². The maximum Gasteiger partial charge on any atom is 0.191 e. The van der Waals surface area contributed by atoms with Gasteiger partial charge in [-0.05, 0) is 38.7 Å². The summed E-state index contributed by atoms with van der Waals surface area (Å²) >= 11 is 0. The maximum absolute atomic E-state index is 5.57. The van der Waals surface area contributed by atoms with Crippen LogP contribution in [0.2, 0.25) is 0 Å². The van der Waals surface area contributed by atoms with Gasteiger partial charge >= 0.3 is 0 Å². The molecule has 0 spiro atoms. The van der Waals surface area contributed by atoms with Crippen molar-refractivity contribution in [3.05, 3.63) is 17.0 Å². The van der Waals surface area contributed by atoms with Gasteiger partial charge in [0.25, 0.3) is 0 Å². The summed E-state index contributed by atoms with van der Waals surface area (Å²) in [6.45, 7) is 12.9. The summed E-state index contributed by atoms with van der Waals surface area (Å²) in [5, 5.41) is 11.2. The Hall–Kier alpha value is -0.830. The molecule has 0 radical (unpaired) electrons. The van der Waals surface area contributed by atoms with Gasteiger partial charge in [0.15, 0.2) is 5.96 Å². The van der Waals surface area contributed by atoms with Gasteiger partial charge in [0, 0.05) is 39.0 Å². The van der Waals surface area contributed by atoms with Crippen LogP contribution in [0.25, 0.3) is 0 Å². The van der Waals surface area contributed by atoms with Crippen LogP contribution in [0.4, 0.5) is 0 Å². The second-order valence-corrected chi connectivity index (χ2v) is 6.49. The first kappa shape index (κ1) is 23.2. The Morgan fingerprint density at radius 3 is 2.46 bits per heavy atom. The molecule has 6 nitrogen and oxygen atoms in total. The van der Waals surface area contributed by atoms with E-state index < -0.39 is 0 Å². The number of aryl methyl sites for hydroxylation is 2. The lowest BCUT2D eigenvalue weighted by Gasteiger charge is -2.18. The first-order valence-electron chi connectivity index (χ1n) is 8.39. The highest BCUT2D eigenvalue weighted by molar-refractivity contribution is 14.0. The van der Waals surface area contributed by atoms with Crippen LogP contribution >= 0.6 is 24.0 Å². The molecule has 0 aliphatic rings. The zero-order chi connectivity index (χ0) is 17.4. The third-order valence-corrected chi connectivity index (χ3v) is 3.77. The average Bonchev–Trinajstić information content (AvgIpc) is 2.71. The van der Waals surface area contributed by atoms with Gasteiger partial charge in [-0.25, -0.2) is 0 Å². The quantitative estimate of drug-likeness (QED) is 0.276. The fourth-order valence-corrected chi connectivity index (χ4v) is 2.46. The number of guanidine groups is 1. The molecule has 0 aliphatic carbocycles. The van der Waals surface area contributed by atoms with Gasteiger partial charge in [0.2, 0.25) is 0 Å². The van der Waals surface area contributed by atoms with Gasteiger partial charge in [-0.1, -0.05) is 13.8 Å². The van der Waals surface area contributed by atoms with Crippen LogP contribution in [0, 0.1) is 19.8 Å². The SMILES string of the molecule is CN=C(NCCOCC(C)C)NC(C)Cc1c(C)nn(C)c1C.I. The van der Waals surface area contributed by atoms with Gasteiger partial charge in [0.1, 0.15) is 0 Å². The van der Waals surface area contributed by atoms with E-state index in [0.717, 1.165) is 31.2 Å². The minimum Gasteiger partial charge on any atom is -0.379 e. The monoisotopic (exact) mass is 451 g/mol. The Kier molecular flexibility index (Phi) is 11.3. The van der Waals surface area contributed by atoms with Crippen LogP contribution in [0.1, 0.15) is 37.7 Å². The van der Waals surface area contributed by atoms with E-state index in [-0.39, 0.29) is 30.0 Å². The van der Waals surface area contributed by atoms with Gasteiger partial charge in [-0.15, -0.1) is 24.0 Å². The molecule has 1 rings (SSSR count). The fourth-order valence-electron chi connectivity index (χ4n) is 2.46. The van der Waals surface area contributed by atoms with Crippen molar-refractivity contribution in [1.82, 2.24) is 20.4 Å². The Balaban J connectivity index is 0.00000529. The van der Waals surface area contributed by atoms with Crippen molar-refractivity contribution in [2.75, 3.05) is 26.8 Å². The summed E-state index contributed by atoms with van der Waals surface area (Å²) in [5.74, 6) is 1.38. The summed E-state index contributed by atoms with van der Waals surface area (Å²) in [6, 6.07) is 0.277. The molecule has 0 bridgehead atoms. The summed E-state index contributed by atoms with van der Waals surface area (Å²) in [4.78, 5) is 4.27. The topological polar surface area (TPSA) is 63.5 Å². The van der Waals surface area contributed by atoms with Gasteiger partial charge < -0.3 is 15.4 Å². The highest BCUT2D eigenvalue weighted by Crippen LogP contribution is 2.14. The van der Waals surface area contributed by atoms with Crippen molar-refractivity contribution in [1.29, 1.82) is 0 Å². The molecule has 2 N–H and O–H groups in total. The number of nitrogens with one attached hydrogen (secondary N) is 2. The number of hydrogen-bond donors (Lipinski definition) is 2. The van der Waals surface area contributed by atoms with Gasteiger partial charge in [0.05, 0.1) is 12.3 Å². The smallest absolute Gasteiger partial charge is 0.191 e. The van der Waals surface area contributed by atoms with Crippen LogP contribution in [-0.2, 0) is 18.2 Å². The van der Waals surface area contributed by atoms with Gasteiger partial charge in [-0.2, -0.15) is 5.10 Å². The van der Waals surface area contributed by atoms with E-state index in [9.17, 15) is 0 Å². The third-order valence-electron chi connectivity index (χ3n) is 3.77. The number of halogens is 1. The van der Waals surface area contributed by atoms with E-state index in [2.05, 4.69) is 55.3 Å². The third kappa shape index (κ3) is 7.83. The molecule has 1 heterocycles. The first-order valence-corrected chi connectivity index (χ1v) is 8.39. The fraction of sp³-hybridized carbons (Fsp3) is 0.765. The number of ether oxygens (including phenoxy) is 1. The zero-order valence-electron chi connectivity index (χ0n) is 16.1. The molecule has 1 atom stereocenters. The van der Waals surface area contributed by atoms with Crippen molar-refractivity contribution in [3.63, 3.8) is 0 Å². The molecule has 0 amide bonds. The molecule has 7 heteroatoms. The molecule has 1 aromatic rings. The highest BCUT2D eigenvalue weighted by Gasteiger charge is 2.13. The molecule has 0 aliphatic heterocycles. The van der Waals surface area contributed by atoms with E-state index in [1.807, 2.05) is 11.7 Å². The standard InChI is InChI=1S/C17H33N5O.HI/c1-12(2)11-23-9-8-19-17(18-6)20-13(3)10-16-14(4)21-22(7)15(16)5;/h12-13H,8-11H2,1-7H3,(H2,18,19,20);1H. The number of aromatic nitrogens is 2. The molecular weight excluding hydrogens is 417 g/mol. The van der Waals surface area contributed by atoms with E-state index in [1.54, 1.807) is 7.05 Å². The lowest BCUT2D eigenvalue weighted by molar-refractivity contribution is 0.114. The van der Waals surface area contributed by atoms with Gasteiger partial charge in [-0.3, -0.25) is 9.67 Å². The molecule has 1 aromatic heterocycles. The summed E-state index contributed by atoms with van der Waals surface area (Å²) < 4.78 is 7.51. The summed E-state index contributed by atoms with van der Waals surface area (Å²) in [7, 11) is 3.78. The minimum atomic E-state index is 0. The predicted molar refractivity (Wildman–Crippen MR) is 111 cm³/mol. The second-order valence-electron chi connectivity index (χ2n) is 6.49. The Bertz CT molecular complexity index is 513. The van der Waals surface area contributed by atoms with Crippen molar-refractivity contribution in [2.45, 2.75) is 47.1 Å². The molecule has 0 saturated carbocycles. The van der Waals surface area contributed by atoms with Crippen molar-refractivity contribution < 1.29 is 4.74 Å². The molecule has 140 valence electrons. The summed E-state index contributed by atoms with van der Waals surface area (Å²) in [6.07, 6.45) is 0.927. The second kappa shape index (κ2) is 11.7. The first-order chi connectivity index (χ1) is 10.8. The Labute approximate surface area is 163 Å². The predicted octanol–water partition coefficient (Wildman–Crippen LogP) is 2.42. The van der Waals surface area contributed by atoms with Crippen LogP contribution in [0.5, 0.6) is 0 Å². The molecule has 24 heavy (non-hydrogen) atoms. The normalized spacial score (nSPS) is 12.9. The van der Waals surface area contributed by atoms with E-state index in [4.69, 9.17) is 4.74 Å². The van der Waals surface area contributed by atoms with E-state index in [0.29, 0.717) is 12.5 Å². The number of aliphatic imine (C=N–C) groups is 1. The lowest BCUT2D eigenvalue weighted by Crippen LogP contribution is -2.44. The lowest BCUT2D eigenvalue weighted by atomic mass is 10.1. The minimum absolute atomic E-state index is 0. The maximum atomic E-state index is 5.57. The number of hydrogen-bond acceptors (Lipinski definition) is 3. The van der Waals surface area contributed by atoms with E-state index >= 15 is 0 Å². The molecule has 0 saturated heterocycles. The Morgan fingerprint density at radius 2 is 1.96 bits per heavy atom. The molecule has 0 aromatic carbocycles. The molecule has 1 unspecified atom stereocenters. The average molecular weight is 451 g/mol. The number of nitrogens with zero attached hydrogens (tertiary/aromatic N) is 3. The van der Waals surface area contributed by atoms with Crippen LogP contribution in [-0.4, -0.2) is 48.6 Å². The Morgan fingerprint density at radius 1 is 1.29 bits per heavy atom. The van der Waals surface area contributed by atoms with Crippen LogP contribution in [0.15, 0.2) is 4.99 Å². The molecule has 0 fully saturated rings. The largest absolute Gasteiger partial charge is 0.379 e. The van der Waals surface area contributed by atoms with Crippen molar-refractivity contribution in [2.24, 2.45) is 18.0 Å².